The molecule has 176 valence electrons. The number of rotatable bonds is 3. The first-order chi connectivity index (χ1) is 16.7. The van der Waals surface area contributed by atoms with Crippen LogP contribution < -0.4 is 4.90 Å². The Morgan fingerprint density at radius 1 is 0.771 bits per heavy atom. The third kappa shape index (κ3) is 2.74. The van der Waals surface area contributed by atoms with Crippen LogP contribution in [0.2, 0.25) is 0 Å². The van der Waals surface area contributed by atoms with Crippen molar-refractivity contribution < 1.29 is 19.1 Å². The normalized spacial score (nSPS) is 28.1. The molecule has 0 unspecified atom stereocenters. The van der Waals surface area contributed by atoms with Crippen LogP contribution in [0.5, 0.6) is 0 Å². The maximum Gasteiger partial charge on any atom is 0.338 e. The molecule has 1 aliphatic heterocycles. The van der Waals surface area contributed by atoms with Gasteiger partial charge in [0, 0.05) is 0 Å². The number of halogens is 2. The van der Waals surface area contributed by atoms with Gasteiger partial charge < -0.3 is 4.74 Å². The Balaban J connectivity index is 1.49. The van der Waals surface area contributed by atoms with Crippen molar-refractivity contribution >= 4 is 46.7 Å². The molecule has 5 nitrogen and oxygen atoms in total. The van der Waals surface area contributed by atoms with E-state index in [4.69, 9.17) is 27.9 Å². The lowest BCUT2D eigenvalue weighted by molar-refractivity contribution is -0.122. The van der Waals surface area contributed by atoms with Crippen molar-refractivity contribution in [3.63, 3.8) is 0 Å². The van der Waals surface area contributed by atoms with E-state index in [2.05, 4.69) is 0 Å². The zero-order valence-electron chi connectivity index (χ0n) is 19.0. The van der Waals surface area contributed by atoms with E-state index in [-0.39, 0.29) is 6.10 Å². The highest BCUT2D eigenvalue weighted by Crippen LogP contribution is 2.69. The summed E-state index contributed by atoms with van der Waals surface area (Å²) in [5, 5.41) is 0. The molecule has 1 fully saturated rings. The van der Waals surface area contributed by atoms with Gasteiger partial charge in [0.25, 0.3) is 0 Å². The van der Waals surface area contributed by atoms with Gasteiger partial charge in [0.05, 0.1) is 29.2 Å². The number of alkyl halides is 2. The van der Waals surface area contributed by atoms with Crippen molar-refractivity contribution in [3.8, 4) is 0 Å². The van der Waals surface area contributed by atoms with Crippen molar-refractivity contribution in [3.05, 3.63) is 101 Å². The fourth-order valence-corrected chi connectivity index (χ4v) is 7.05. The molecule has 4 aliphatic rings. The Hall–Kier alpha value is -3.15. The van der Waals surface area contributed by atoms with Gasteiger partial charge in [-0.15, -0.1) is 23.2 Å². The summed E-state index contributed by atoms with van der Waals surface area (Å²) in [7, 11) is 0. The largest absolute Gasteiger partial charge is 0.459 e. The minimum absolute atomic E-state index is 0.259. The van der Waals surface area contributed by atoms with Crippen LogP contribution in [0.4, 0.5) is 5.69 Å². The Kier molecular flexibility index (Phi) is 4.73. The summed E-state index contributed by atoms with van der Waals surface area (Å²) in [6.45, 7) is 3.54. The summed E-state index contributed by atoms with van der Waals surface area (Å²) in [6.07, 6.45) is -0.259. The molecule has 3 aromatic rings. The van der Waals surface area contributed by atoms with Crippen LogP contribution in [0.25, 0.3) is 0 Å². The molecule has 3 aromatic carbocycles. The minimum Gasteiger partial charge on any atom is -0.459 e. The molecule has 2 amide bonds. The molecule has 1 heterocycles. The number of esters is 1. The molecule has 0 spiro atoms. The van der Waals surface area contributed by atoms with Gasteiger partial charge in [-0.05, 0) is 60.4 Å². The van der Waals surface area contributed by atoms with Crippen LogP contribution in [0.15, 0.2) is 72.8 Å². The van der Waals surface area contributed by atoms with E-state index < -0.39 is 39.4 Å². The fraction of sp³-hybridized carbons (Fsp3) is 0.250. The van der Waals surface area contributed by atoms with Crippen LogP contribution in [-0.2, 0) is 24.1 Å². The van der Waals surface area contributed by atoms with Gasteiger partial charge in [0.2, 0.25) is 11.8 Å². The topological polar surface area (TPSA) is 63.7 Å². The second kappa shape index (κ2) is 7.42. The van der Waals surface area contributed by atoms with Gasteiger partial charge in [-0.3, -0.25) is 9.59 Å². The molecular weight excluding hydrogens is 485 g/mol. The van der Waals surface area contributed by atoms with Crippen molar-refractivity contribution in [1.82, 2.24) is 0 Å². The smallest absolute Gasteiger partial charge is 0.338 e. The predicted molar refractivity (Wildman–Crippen MR) is 133 cm³/mol. The fourth-order valence-electron chi connectivity index (χ4n) is 5.95. The highest BCUT2D eigenvalue weighted by Gasteiger charge is 2.73. The van der Waals surface area contributed by atoms with Crippen molar-refractivity contribution in [2.75, 3.05) is 4.90 Å². The lowest BCUT2D eigenvalue weighted by Crippen LogP contribution is -2.57. The highest BCUT2D eigenvalue weighted by molar-refractivity contribution is 6.38. The predicted octanol–water partition coefficient (Wildman–Crippen LogP) is 5.35. The molecule has 2 bridgehead atoms. The van der Waals surface area contributed by atoms with Crippen molar-refractivity contribution in [2.24, 2.45) is 11.8 Å². The number of ether oxygens (including phenoxy) is 1. The number of imide groups is 1. The quantitative estimate of drug-likeness (QED) is 0.273. The molecular formula is C28H21Cl2NO4. The first kappa shape index (κ1) is 22.3. The number of nitrogens with zero attached hydrogens (tertiary/aromatic N) is 1. The molecule has 7 heteroatoms. The lowest BCUT2D eigenvalue weighted by Gasteiger charge is -2.54. The maximum atomic E-state index is 13.9. The summed E-state index contributed by atoms with van der Waals surface area (Å²) >= 11 is 14.9. The van der Waals surface area contributed by atoms with Gasteiger partial charge in [-0.1, -0.05) is 48.5 Å². The SMILES string of the molecule is CC(C)OC(=O)c1ccc(N2C(=O)[C@H]3[C@H](C2=O)C2(Cl)c4ccccc4C3(Cl)c3ccccc32)cc1. The molecule has 0 N–H and O–H groups in total. The Morgan fingerprint density at radius 3 is 1.54 bits per heavy atom. The number of carbonyl (C=O) groups excluding carboxylic acids is 3. The van der Waals surface area contributed by atoms with Crippen LogP contribution in [0.3, 0.4) is 0 Å². The summed E-state index contributed by atoms with van der Waals surface area (Å²) < 4.78 is 5.23. The molecule has 0 radical (unpaired) electrons. The Morgan fingerprint density at radius 2 is 1.17 bits per heavy atom. The van der Waals surface area contributed by atoms with E-state index in [0.717, 1.165) is 22.3 Å². The molecule has 0 saturated carbocycles. The maximum absolute atomic E-state index is 13.9. The minimum atomic E-state index is -1.23. The molecule has 35 heavy (non-hydrogen) atoms. The monoisotopic (exact) mass is 505 g/mol. The van der Waals surface area contributed by atoms with Crippen LogP contribution >= 0.6 is 23.2 Å². The summed E-state index contributed by atoms with van der Waals surface area (Å²) in [5.41, 5.74) is 3.72. The van der Waals surface area contributed by atoms with E-state index >= 15 is 0 Å². The number of anilines is 1. The van der Waals surface area contributed by atoms with Gasteiger partial charge in [0.1, 0.15) is 9.75 Å². The van der Waals surface area contributed by atoms with Crippen LogP contribution in [0, 0.1) is 11.8 Å². The van der Waals surface area contributed by atoms with Gasteiger partial charge in [0.15, 0.2) is 0 Å². The molecule has 3 aliphatic carbocycles. The third-order valence-electron chi connectivity index (χ3n) is 7.29. The second-order valence-corrected chi connectivity index (χ2v) is 10.7. The number of hydrogen-bond donors (Lipinski definition) is 0. The van der Waals surface area contributed by atoms with E-state index in [1.165, 1.54) is 4.90 Å². The summed E-state index contributed by atoms with van der Waals surface area (Å²) in [5.74, 6) is -3.01. The summed E-state index contributed by atoms with van der Waals surface area (Å²) in [4.78, 5) is 38.8. The average molecular weight is 506 g/mol. The van der Waals surface area contributed by atoms with E-state index in [1.807, 2.05) is 48.5 Å². The molecule has 1 saturated heterocycles. The van der Waals surface area contributed by atoms with Crippen LogP contribution in [0.1, 0.15) is 46.5 Å². The zero-order valence-corrected chi connectivity index (χ0v) is 20.5. The average Bonchev–Trinajstić information content (AvgIpc) is 3.13. The number of hydrogen-bond acceptors (Lipinski definition) is 4. The van der Waals surface area contributed by atoms with E-state index in [1.54, 1.807) is 38.1 Å². The molecule has 7 rings (SSSR count). The van der Waals surface area contributed by atoms with Crippen molar-refractivity contribution in [2.45, 2.75) is 29.7 Å². The Bertz CT molecular complexity index is 1290. The van der Waals surface area contributed by atoms with Gasteiger partial charge in [-0.25, -0.2) is 9.69 Å². The van der Waals surface area contributed by atoms with Gasteiger partial charge in [-0.2, -0.15) is 0 Å². The molecule has 2 atom stereocenters. The van der Waals surface area contributed by atoms with Gasteiger partial charge >= 0.3 is 5.97 Å². The zero-order chi connectivity index (χ0) is 24.7. The second-order valence-electron chi connectivity index (χ2n) is 9.48. The Labute approximate surface area is 212 Å². The third-order valence-corrected chi connectivity index (χ3v) is 8.57. The first-order valence-corrected chi connectivity index (χ1v) is 12.2. The van der Waals surface area contributed by atoms with Crippen LogP contribution in [-0.4, -0.2) is 23.9 Å². The summed E-state index contributed by atoms with van der Waals surface area (Å²) in [6, 6.07) is 21.3. The molecule has 0 aromatic heterocycles. The van der Waals surface area contributed by atoms with Crippen molar-refractivity contribution in [1.29, 1.82) is 0 Å². The standard InChI is InChI=1S/C28H21Cl2NO4/c1-15(2)35-26(34)16-11-13-17(14-12-16)31-24(32)22-23(25(31)33)28(30)19-8-4-3-7-18(19)27(22,29)20-9-5-6-10-21(20)28/h3-15,22-23H,1-2H3/t22-,23-,27?,28?/m1/s1. The number of amides is 2. The lowest BCUT2D eigenvalue weighted by atomic mass is 9.54. The first-order valence-electron chi connectivity index (χ1n) is 11.5. The van der Waals surface area contributed by atoms with E-state index in [0.29, 0.717) is 11.3 Å². The number of carbonyl (C=O) groups is 3. The van der Waals surface area contributed by atoms with E-state index in [9.17, 15) is 14.4 Å². The number of benzene rings is 3. The highest BCUT2D eigenvalue weighted by atomic mass is 35.5.